The highest BCUT2D eigenvalue weighted by Gasteiger charge is 2.08. The summed E-state index contributed by atoms with van der Waals surface area (Å²) in [7, 11) is 0. The summed E-state index contributed by atoms with van der Waals surface area (Å²) in [6, 6.07) is 9.77. The van der Waals surface area contributed by atoms with Crippen LogP contribution in [-0.2, 0) is 0 Å². The maximum atomic E-state index is 5.28. The van der Waals surface area contributed by atoms with E-state index in [-0.39, 0.29) is 0 Å². The lowest BCUT2D eigenvalue weighted by atomic mass is 10.1. The summed E-state index contributed by atoms with van der Waals surface area (Å²) in [5.41, 5.74) is 3.28. The standard InChI is InChI=1S/C11H11N5/c1-13-16-11(15-12)10-9-5-3-2-4-8(9)6-7-14-10/h2-7H,1,12H2,(H,15,16). The van der Waals surface area contributed by atoms with Crippen molar-refractivity contribution < 1.29 is 0 Å². The fourth-order valence-corrected chi connectivity index (χ4v) is 1.53. The molecule has 2 rings (SSSR count). The Hall–Kier alpha value is -2.43. The first-order valence-corrected chi connectivity index (χ1v) is 4.70. The highest BCUT2D eigenvalue weighted by Crippen LogP contribution is 2.16. The van der Waals surface area contributed by atoms with Gasteiger partial charge in [-0.2, -0.15) is 10.2 Å². The van der Waals surface area contributed by atoms with E-state index < -0.39 is 0 Å². The van der Waals surface area contributed by atoms with Crippen LogP contribution in [0.5, 0.6) is 0 Å². The molecule has 1 heterocycles. The molecule has 0 unspecified atom stereocenters. The van der Waals surface area contributed by atoms with Crippen molar-refractivity contribution in [2.75, 3.05) is 0 Å². The smallest absolute Gasteiger partial charge is 0.192 e. The van der Waals surface area contributed by atoms with E-state index in [1.807, 2.05) is 30.3 Å². The normalized spacial score (nSPS) is 11.4. The van der Waals surface area contributed by atoms with E-state index in [9.17, 15) is 0 Å². The van der Waals surface area contributed by atoms with Crippen molar-refractivity contribution in [2.45, 2.75) is 0 Å². The molecule has 0 saturated heterocycles. The van der Waals surface area contributed by atoms with Crippen LogP contribution in [0.2, 0.25) is 0 Å². The summed E-state index contributed by atoms with van der Waals surface area (Å²) in [5, 5.41) is 9.18. The van der Waals surface area contributed by atoms with E-state index in [4.69, 9.17) is 5.84 Å². The Morgan fingerprint density at radius 3 is 2.88 bits per heavy atom. The van der Waals surface area contributed by atoms with Gasteiger partial charge in [0.15, 0.2) is 5.84 Å². The van der Waals surface area contributed by atoms with Gasteiger partial charge in [-0.3, -0.25) is 10.4 Å². The van der Waals surface area contributed by atoms with Crippen molar-refractivity contribution in [3.8, 4) is 0 Å². The first kappa shape index (κ1) is 10.1. The van der Waals surface area contributed by atoms with E-state index in [1.165, 1.54) is 0 Å². The van der Waals surface area contributed by atoms with Gasteiger partial charge >= 0.3 is 0 Å². The minimum absolute atomic E-state index is 0.395. The Bertz CT molecular complexity index is 542. The molecular weight excluding hydrogens is 202 g/mol. The number of pyridine rings is 1. The molecule has 0 spiro atoms. The van der Waals surface area contributed by atoms with Crippen LogP contribution < -0.4 is 11.3 Å². The maximum absolute atomic E-state index is 5.28. The van der Waals surface area contributed by atoms with Gasteiger partial charge in [0, 0.05) is 18.3 Å². The minimum Gasteiger partial charge on any atom is -0.321 e. The fraction of sp³-hybridized carbons (Fsp3) is 0. The maximum Gasteiger partial charge on any atom is 0.192 e. The largest absolute Gasteiger partial charge is 0.321 e. The molecule has 16 heavy (non-hydrogen) atoms. The number of aromatic nitrogens is 1. The summed E-state index contributed by atoms with van der Waals surface area (Å²) in [4.78, 5) is 4.24. The van der Waals surface area contributed by atoms with Crippen LogP contribution >= 0.6 is 0 Å². The number of nitrogens with two attached hydrogens (primary N) is 1. The third-order valence-corrected chi connectivity index (χ3v) is 2.21. The molecule has 3 N–H and O–H groups in total. The summed E-state index contributed by atoms with van der Waals surface area (Å²) in [6.07, 6.45) is 1.70. The third kappa shape index (κ3) is 1.70. The number of hydrazone groups is 2. The van der Waals surface area contributed by atoms with E-state index in [1.54, 1.807) is 6.20 Å². The summed E-state index contributed by atoms with van der Waals surface area (Å²) >= 11 is 0. The molecule has 0 radical (unpaired) electrons. The van der Waals surface area contributed by atoms with Crippen LogP contribution in [0.25, 0.3) is 10.8 Å². The van der Waals surface area contributed by atoms with Crippen LogP contribution in [0.1, 0.15) is 5.69 Å². The number of benzene rings is 1. The van der Waals surface area contributed by atoms with Crippen LogP contribution in [-0.4, -0.2) is 17.5 Å². The second kappa shape index (κ2) is 4.39. The van der Waals surface area contributed by atoms with Crippen molar-refractivity contribution in [3.63, 3.8) is 0 Å². The monoisotopic (exact) mass is 213 g/mol. The Morgan fingerprint density at radius 1 is 1.31 bits per heavy atom. The quantitative estimate of drug-likeness (QED) is 0.339. The first-order chi connectivity index (χ1) is 7.86. The van der Waals surface area contributed by atoms with E-state index >= 15 is 0 Å². The zero-order valence-corrected chi connectivity index (χ0v) is 8.59. The predicted octanol–water partition coefficient (Wildman–Crippen LogP) is 1.06. The summed E-state index contributed by atoms with van der Waals surface area (Å²) in [6.45, 7) is 3.33. The minimum atomic E-state index is 0.395. The van der Waals surface area contributed by atoms with Crippen molar-refractivity contribution in [3.05, 3.63) is 42.2 Å². The van der Waals surface area contributed by atoms with Gasteiger partial charge in [0.1, 0.15) is 5.69 Å². The molecule has 0 atom stereocenters. The predicted molar refractivity (Wildman–Crippen MR) is 65.2 cm³/mol. The molecule has 0 aliphatic heterocycles. The van der Waals surface area contributed by atoms with Crippen molar-refractivity contribution in [1.29, 1.82) is 0 Å². The number of nitrogens with one attached hydrogen (secondary N) is 1. The Labute approximate surface area is 92.7 Å². The zero-order valence-electron chi connectivity index (χ0n) is 8.59. The average Bonchev–Trinajstić information content (AvgIpc) is 2.35. The second-order valence-electron chi connectivity index (χ2n) is 3.13. The van der Waals surface area contributed by atoms with Crippen molar-refractivity contribution in [1.82, 2.24) is 10.4 Å². The second-order valence-corrected chi connectivity index (χ2v) is 3.13. The fourth-order valence-electron chi connectivity index (χ4n) is 1.53. The third-order valence-electron chi connectivity index (χ3n) is 2.21. The highest BCUT2D eigenvalue weighted by molar-refractivity contribution is 6.07. The molecular formula is C11H11N5. The van der Waals surface area contributed by atoms with E-state index in [0.717, 1.165) is 10.8 Å². The molecule has 0 bridgehead atoms. The van der Waals surface area contributed by atoms with Gasteiger partial charge in [-0.25, -0.2) is 0 Å². The van der Waals surface area contributed by atoms with Crippen molar-refractivity contribution in [2.24, 2.45) is 16.0 Å². The van der Waals surface area contributed by atoms with Gasteiger partial charge in [0.2, 0.25) is 0 Å². The van der Waals surface area contributed by atoms with Crippen LogP contribution in [0.4, 0.5) is 0 Å². The molecule has 80 valence electrons. The Kier molecular flexibility index (Phi) is 2.77. The van der Waals surface area contributed by atoms with E-state index in [2.05, 4.69) is 27.3 Å². The Morgan fingerprint density at radius 2 is 2.12 bits per heavy atom. The SMILES string of the molecule is C=NN/C(=N\N)c1nccc2ccccc12. The molecule has 1 aromatic carbocycles. The van der Waals surface area contributed by atoms with Gasteiger partial charge in [0.05, 0.1) is 0 Å². The summed E-state index contributed by atoms with van der Waals surface area (Å²) in [5.74, 6) is 5.67. The number of amidine groups is 1. The van der Waals surface area contributed by atoms with Gasteiger partial charge in [-0.05, 0) is 11.5 Å². The van der Waals surface area contributed by atoms with Gasteiger partial charge in [-0.15, -0.1) is 0 Å². The lowest BCUT2D eigenvalue weighted by molar-refractivity contribution is 1.01. The van der Waals surface area contributed by atoms with Crippen molar-refractivity contribution >= 4 is 23.3 Å². The van der Waals surface area contributed by atoms with E-state index in [0.29, 0.717) is 11.5 Å². The average molecular weight is 213 g/mol. The molecule has 0 amide bonds. The van der Waals surface area contributed by atoms with Crippen LogP contribution in [0.3, 0.4) is 0 Å². The number of hydrogen-bond acceptors (Lipinski definition) is 4. The zero-order chi connectivity index (χ0) is 11.4. The molecule has 0 aliphatic carbocycles. The molecule has 5 nitrogen and oxygen atoms in total. The van der Waals surface area contributed by atoms with Crippen LogP contribution in [0.15, 0.2) is 46.7 Å². The molecule has 0 saturated carbocycles. The first-order valence-electron chi connectivity index (χ1n) is 4.70. The number of rotatable bonds is 2. The number of fused-ring (bicyclic) bond motifs is 1. The van der Waals surface area contributed by atoms with Gasteiger partial charge < -0.3 is 5.84 Å². The number of nitrogens with zero attached hydrogens (tertiary/aromatic N) is 3. The van der Waals surface area contributed by atoms with Crippen LogP contribution in [0, 0.1) is 0 Å². The molecule has 2 aromatic rings. The lowest BCUT2D eigenvalue weighted by Gasteiger charge is -2.06. The molecule has 0 aliphatic rings. The lowest BCUT2D eigenvalue weighted by Crippen LogP contribution is -2.21. The Balaban J connectivity index is 2.64. The topological polar surface area (TPSA) is 75.7 Å². The number of hydrogen-bond donors (Lipinski definition) is 2. The van der Waals surface area contributed by atoms with Gasteiger partial charge in [0.25, 0.3) is 0 Å². The van der Waals surface area contributed by atoms with Gasteiger partial charge in [-0.1, -0.05) is 24.3 Å². The molecule has 1 aromatic heterocycles. The highest BCUT2D eigenvalue weighted by atomic mass is 15.3. The molecule has 5 heteroatoms. The summed E-state index contributed by atoms with van der Waals surface area (Å²) < 4.78 is 0. The molecule has 0 fully saturated rings.